The maximum absolute atomic E-state index is 13.1. The van der Waals surface area contributed by atoms with E-state index in [2.05, 4.69) is 4.72 Å². The van der Waals surface area contributed by atoms with Gasteiger partial charge in [-0.15, -0.1) is 0 Å². The monoisotopic (exact) mass is 313 g/mol. The molecule has 0 amide bonds. The zero-order valence-corrected chi connectivity index (χ0v) is 11.9. The lowest BCUT2D eigenvalue weighted by Crippen LogP contribution is -2.13. The van der Waals surface area contributed by atoms with Gasteiger partial charge in [-0.2, -0.15) is 0 Å². The number of anilines is 1. The molecule has 4 nitrogen and oxygen atoms in total. The van der Waals surface area contributed by atoms with Crippen LogP contribution in [0.3, 0.4) is 0 Å². The number of phenols is 1. The molecule has 0 heterocycles. The molecule has 7 heteroatoms. The summed E-state index contributed by atoms with van der Waals surface area (Å²) < 4.78 is 52.3. The van der Waals surface area contributed by atoms with Crippen molar-refractivity contribution in [3.05, 3.63) is 53.6 Å². The molecular weight excluding hydrogens is 300 g/mol. The molecule has 0 aliphatic carbocycles. The molecule has 0 aliphatic rings. The summed E-state index contributed by atoms with van der Waals surface area (Å²) in [6.45, 7) is 1.88. The Morgan fingerprint density at radius 2 is 1.81 bits per heavy atom. The van der Waals surface area contributed by atoms with Crippen LogP contribution in [0.15, 0.2) is 41.3 Å². The van der Waals surface area contributed by atoms with Gasteiger partial charge >= 0.3 is 0 Å². The summed E-state index contributed by atoms with van der Waals surface area (Å²) in [5.41, 5.74) is 0.801. The quantitative estimate of drug-likeness (QED) is 0.853. The van der Waals surface area contributed by atoms with Crippen LogP contribution in [0, 0.1) is 11.6 Å². The van der Waals surface area contributed by atoms with Gasteiger partial charge in [-0.1, -0.05) is 13.0 Å². The van der Waals surface area contributed by atoms with Crippen LogP contribution >= 0.6 is 0 Å². The van der Waals surface area contributed by atoms with E-state index in [1.807, 2.05) is 6.92 Å². The SMILES string of the molecule is CCc1ccc(O)c(NS(=O)(=O)c2ccc(F)c(F)c2)c1. The van der Waals surface area contributed by atoms with Crippen molar-refractivity contribution in [2.75, 3.05) is 4.72 Å². The number of hydrogen-bond acceptors (Lipinski definition) is 3. The fourth-order valence-corrected chi connectivity index (χ4v) is 2.81. The summed E-state index contributed by atoms with van der Waals surface area (Å²) in [6.07, 6.45) is 0.653. The number of halogens is 2. The summed E-state index contributed by atoms with van der Waals surface area (Å²) in [7, 11) is -4.12. The fourth-order valence-electron chi connectivity index (χ4n) is 1.73. The predicted octanol–water partition coefficient (Wildman–Crippen LogP) is 3.03. The third-order valence-corrected chi connectivity index (χ3v) is 4.28. The van der Waals surface area contributed by atoms with Crippen molar-refractivity contribution in [1.29, 1.82) is 0 Å². The highest BCUT2D eigenvalue weighted by atomic mass is 32.2. The Hall–Kier alpha value is -2.15. The average Bonchev–Trinajstić information content (AvgIpc) is 2.44. The highest BCUT2D eigenvalue weighted by molar-refractivity contribution is 7.92. The minimum absolute atomic E-state index is 0.0147. The third kappa shape index (κ3) is 3.30. The number of hydrogen-bond donors (Lipinski definition) is 2. The molecule has 0 spiro atoms. The van der Waals surface area contributed by atoms with E-state index in [4.69, 9.17) is 0 Å². The summed E-state index contributed by atoms with van der Waals surface area (Å²) in [5.74, 6) is -2.65. The fraction of sp³-hybridized carbons (Fsp3) is 0.143. The molecule has 0 aliphatic heterocycles. The minimum Gasteiger partial charge on any atom is -0.506 e. The summed E-state index contributed by atoms with van der Waals surface area (Å²) >= 11 is 0. The molecule has 2 aromatic carbocycles. The molecule has 2 N–H and O–H groups in total. The first kappa shape index (κ1) is 15.2. The van der Waals surface area contributed by atoms with Crippen molar-refractivity contribution in [2.45, 2.75) is 18.2 Å². The molecule has 0 bridgehead atoms. The van der Waals surface area contributed by atoms with Gasteiger partial charge in [-0.25, -0.2) is 17.2 Å². The largest absolute Gasteiger partial charge is 0.506 e. The molecule has 0 aromatic heterocycles. The second kappa shape index (κ2) is 5.69. The third-order valence-electron chi connectivity index (χ3n) is 2.91. The van der Waals surface area contributed by atoms with E-state index in [-0.39, 0.29) is 11.4 Å². The van der Waals surface area contributed by atoms with Gasteiger partial charge in [0.2, 0.25) is 0 Å². The second-order valence-electron chi connectivity index (χ2n) is 4.39. The van der Waals surface area contributed by atoms with Crippen molar-refractivity contribution in [2.24, 2.45) is 0 Å². The van der Waals surface area contributed by atoms with Gasteiger partial charge in [0.05, 0.1) is 10.6 Å². The average molecular weight is 313 g/mol. The molecule has 2 aromatic rings. The number of aromatic hydroxyl groups is 1. The number of nitrogens with one attached hydrogen (secondary N) is 1. The first-order chi connectivity index (χ1) is 9.83. The van der Waals surface area contributed by atoms with E-state index < -0.39 is 26.6 Å². The van der Waals surface area contributed by atoms with Crippen LogP contribution in [-0.4, -0.2) is 13.5 Å². The number of sulfonamides is 1. The topological polar surface area (TPSA) is 66.4 Å². The van der Waals surface area contributed by atoms with Crippen molar-refractivity contribution >= 4 is 15.7 Å². The highest BCUT2D eigenvalue weighted by Gasteiger charge is 2.18. The lowest BCUT2D eigenvalue weighted by atomic mass is 10.1. The van der Waals surface area contributed by atoms with Gasteiger partial charge in [0, 0.05) is 0 Å². The molecule has 0 saturated heterocycles. The molecule has 2 rings (SSSR count). The van der Waals surface area contributed by atoms with E-state index in [9.17, 15) is 22.3 Å². The molecule has 0 unspecified atom stereocenters. The van der Waals surface area contributed by atoms with Crippen LogP contribution < -0.4 is 4.72 Å². The Labute approximate surface area is 121 Å². The van der Waals surface area contributed by atoms with Crippen molar-refractivity contribution in [3.63, 3.8) is 0 Å². The molecule has 21 heavy (non-hydrogen) atoms. The molecule has 0 fully saturated rings. The highest BCUT2D eigenvalue weighted by Crippen LogP contribution is 2.27. The van der Waals surface area contributed by atoms with Crippen LogP contribution in [0.2, 0.25) is 0 Å². The summed E-state index contributed by atoms with van der Waals surface area (Å²) in [6, 6.07) is 6.76. The Balaban J connectivity index is 2.39. The van der Waals surface area contributed by atoms with Crippen LogP contribution in [-0.2, 0) is 16.4 Å². The predicted molar refractivity (Wildman–Crippen MR) is 74.7 cm³/mol. The lowest BCUT2D eigenvalue weighted by molar-refractivity contribution is 0.477. The van der Waals surface area contributed by atoms with Crippen molar-refractivity contribution in [3.8, 4) is 5.75 Å². The minimum atomic E-state index is -4.12. The maximum atomic E-state index is 13.1. The van der Waals surface area contributed by atoms with E-state index in [0.29, 0.717) is 12.5 Å². The van der Waals surface area contributed by atoms with E-state index in [1.54, 1.807) is 6.07 Å². The van der Waals surface area contributed by atoms with Crippen molar-refractivity contribution in [1.82, 2.24) is 0 Å². The summed E-state index contributed by atoms with van der Waals surface area (Å²) in [5, 5.41) is 9.68. The van der Waals surface area contributed by atoms with Crippen molar-refractivity contribution < 1.29 is 22.3 Å². The van der Waals surface area contributed by atoms with Gasteiger partial charge < -0.3 is 5.11 Å². The first-order valence-electron chi connectivity index (χ1n) is 6.13. The van der Waals surface area contributed by atoms with Gasteiger partial charge in [0.1, 0.15) is 5.75 Å². The number of rotatable bonds is 4. The first-order valence-corrected chi connectivity index (χ1v) is 7.61. The van der Waals surface area contributed by atoms with Gasteiger partial charge in [0.25, 0.3) is 10.0 Å². The second-order valence-corrected chi connectivity index (χ2v) is 6.07. The number of phenolic OH excluding ortho intramolecular Hbond substituents is 1. The van der Waals surface area contributed by atoms with E-state index in [0.717, 1.165) is 17.7 Å². The number of benzene rings is 2. The molecule has 0 atom stereocenters. The molecular formula is C14H13F2NO3S. The van der Waals surface area contributed by atoms with Crippen LogP contribution in [0.4, 0.5) is 14.5 Å². The Kier molecular flexibility index (Phi) is 4.13. The Morgan fingerprint density at radius 1 is 1.10 bits per heavy atom. The maximum Gasteiger partial charge on any atom is 0.262 e. The molecule has 0 radical (unpaired) electrons. The molecule has 112 valence electrons. The number of aryl methyl sites for hydroxylation is 1. The van der Waals surface area contributed by atoms with Crippen LogP contribution in [0.5, 0.6) is 5.75 Å². The van der Waals surface area contributed by atoms with E-state index >= 15 is 0 Å². The van der Waals surface area contributed by atoms with Gasteiger partial charge in [0.15, 0.2) is 11.6 Å². The Bertz CT molecular complexity index is 776. The zero-order chi connectivity index (χ0) is 15.6. The zero-order valence-electron chi connectivity index (χ0n) is 11.1. The standard InChI is InChI=1S/C14H13F2NO3S/c1-2-9-3-6-14(18)13(7-9)17-21(19,20)10-4-5-11(15)12(16)8-10/h3-8,17-18H,2H2,1H3. The lowest BCUT2D eigenvalue weighted by Gasteiger charge is -2.11. The Morgan fingerprint density at radius 3 is 2.43 bits per heavy atom. The normalized spacial score (nSPS) is 11.4. The van der Waals surface area contributed by atoms with E-state index in [1.165, 1.54) is 12.1 Å². The molecule has 0 saturated carbocycles. The van der Waals surface area contributed by atoms with Gasteiger partial charge in [-0.05, 0) is 42.3 Å². The van der Waals surface area contributed by atoms with Crippen LogP contribution in [0.25, 0.3) is 0 Å². The van der Waals surface area contributed by atoms with Crippen LogP contribution in [0.1, 0.15) is 12.5 Å². The smallest absolute Gasteiger partial charge is 0.262 e. The summed E-state index contributed by atoms with van der Waals surface area (Å²) in [4.78, 5) is -0.428. The van der Waals surface area contributed by atoms with Gasteiger partial charge in [-0.3, -0.25) is 4.72 Å².